The van der Waals surface area contributed by atoms with Gasteiger partial charge in [-0.25, -0.2) is 9.59 Å². The first-order chi connectivity index (χ1) is 19.2. The molecule has 8 heteroatoms. The van der Waals surface area contributed by atoms with E-state index < -0.39 is 23.6 Å². The van der Waals surface area contributed by atoms with E-state index in [1.165, 1.54) is 12.8 Å². The average Bonchev–Trinajstić information content (AvgIpc) is 3.29. The molecular formula is C32H42N2O6. The van der Waals surface area contributed by atoms with Crippen molar-refractivity contribution in [3.8, 4) is 0 Å². The second-order valence-electron chi connectivity index (χ2n) is 12.1. The highest BCUT2D eigenvalue weighted by molar-refractivity contribution is 5.79. The Bertz CT molecular complexity index is 1130. The van der Waals surface area contributed by atoms with Gasteiger partial charge >= 0.3 is 11.9 Å². The van der Waals surface area contributed by atoms with E-state index in [1.54, 1.807) is 36.4 Å². The van der Waals surface area contributed by atoms with Gasteiger partial charge in [-0.1, -0.05) is 60.7 Å². The van der Waals surface area contributed by atoms with E-state index in [4.69, 9.17) is 4.74 Å². The monoisotopic (exact) mass is 550 g/mol. The molecule has 6 rings (SSSR count). The zero-order chi connectivity index (χ0) is 28.4. The van der Waals surface area contributed by atoms with Crippen LogP contribution in [0.15, 0.2) is 60.7 Å². The second kappa shape index (κ2) is 12.0. The first kappa shape index (κ1) is 28.7. The van der Waals surface area contributed by atoms with E-state index in [2.05, 4.69) is 23.9 Å². The van der Waals surface area contributed by atoms with Gasteiger partial charge in [-0.05, 0) is 76.6 Å². The zero-order valence-electron chi connectivity index (χ0n) is 23.4. The molecule has 2 aromatic carbocycles. The largest absolute Gasteiger partial charge is 0.479 e. The quantitative estimate of drug-likeness (QED) is 0.467. The van der Waals surface area contributed by atoms with Gasteiger partial charge in [0.05, 0.1) is 0 Å². The number of hydrogen-bond donors (Lipinski definition) is 3. The molecule has 8 nitrogen and oxygen atoms in total. The summed E-state index contributed by atoms with van der Waals surface area (Å²) in [4.78, 5) is 28.6. The molecule has 0 saturated carbocycles. The van der Waals surface area contributed by atoms with Crippen LogP contribution >= 0.6 is 0 Å². The first-order valence-electron chi connectivity index (χ1n) is 14.6. The van der Waals surface area contributed by atoms with Crippen molar-refractivity contribution in [3.05, 3.63) is 71.8 Å². The standard InChI is InChI=1S/2C16H21NO3/c1-17-13-7-8-14(17)10-12(9-13)16(20,15(18)19)11-5-3-2-4-6-11;1-17-12-7-8-13(17)10-14(9-12)20-16(19)15(18)11-5-3-2-4-6-11/h2-6,12-14,20H,7-10H2,1H3,(H,18,19);2-6,12-15,18H,7-10H2,1H3. The lowest BCUT2D eigenvalue weighted by Gasteiger charge is -2.42. The van der Waals surface area contributed by atoms with Crippen molar-refractivity contribution in [2.24, 2.45) is 5.92 Å². The smallest absolute Gasteiger partial charge is 0.340 e. The minimum absolute atomic E-state index is 0.0467. The summed E-state index contributed by atoms with van der Waals surface area (Å²) in [6, 6.07) is 19.7. The van der Waals surface area contributed by atoms with Gasteiger partial charge < -0.3 is 29.9 Å². The third-order valence-corrected chi connectivity index (χ3v) is 9.91. The number of hydrogen-bond acceptors (Lipinski definition) is 7. The van der Waals surface area contributed by atoms with Crippen LogP contribution in [0.4, 0.5) is 0 Å². The maximum atomic E-state index is 12.0. The topological polar surface area (TPSA) is 111 Å². The summed E-state index contributed by atoms with van der Waals surface area (Å²) in [5, 5.41) is 30.6. The predicted molar refractivity (Wildman–Crippen MR) is 150 cm³/mol. The highest BCUT2D eigenvalue weighted by Crippen LogP contribution is 2.45. The summed E-state index contributed by atoms with van der Waals surface area (Å²) in [5.41, 5.74) is -0.668. The maximum Gasteiger partial charge on any atom is 0.340 e. The lowest BCUT2D eigenvalue weighted by atomic mass is 9.74. The van der Waals surface area contributed by atoms with Crippen molar-refractivity contribution in [1.82, 2.24) is 9.80 Å². The summed E-state index contributed by atoms with van der Waals surface area (Å²) in [7, 11) is 4.26. The minimum atomic E-state index is -1.76. The summed E-state index contributed by atoms with van der Waals surface area (Å²) in [6.07, 6.45) is 6.68. The molecule has 4 aliphatic heterocycles. The highest BCUT2D eigenvalue weighted by Gasteiger charge is 2.51. The summed E-state index contributed by atoms with van der Waals surface area (Å²) >= 11 is 0. The van der Waals surface area contributed by atoms with Crippen LogP contribution in [0.25, 0.3) is 0 Å². The van der Waals surface area contributed by atoms with Gasteiger partial charge in [-0.15, -0.1) is 0 Å². The van der Waals surface area contributed by atoms with E-state index >= 15 is 0 Å². The van der Waals surface area contributed by atoms with Crippen LogP contribution in [-0.2, 0) is 19.9 Å². The lowest BCUT2D eigenvalue weighted by molar-refractivity contribution is -0.170. The molecule has 0 radical (unpaired) electrons. The fourth-order valence-electron chi connectivity index (χ4n) is 7.44. The number of carboxylic acids is 1. The Labute approximate surface area is 236 Å². The Morgan fingerprint density at radius 1 is 0.800 bits per heavy atom. The molecule has 0 aliphatic carbocycles. The van der Waals surface area contributed by atoms with E-state index in [1.807, 2.05) is 24.3 Å². The number of aliphatic hydroxyl groups is 2. The van der Waals surface area contributed by atoms with Crippen LogP contribution in [0.1, 0.15) is 68.6 Å². The summed E-state index contributed by atoms with van der Waals surface area (Å²) < 4.78 is 5.52. The lowest BCUT2D eigenvalue weighted by Crippen LogP contribution is -2.51. The molecule has 4 bridgehead atoms. The fraction of sp³-hybridized carbons (Fsp3) is 0.562. The number of aliphatic carboxylic acids is 1. The van der Waals surface area contributed by atoms with Crippen LogP contribution < -0.4 is 0 Å². The van der Waals surface area contributed by atoms with Crippen LogP contribution in [0.5, 0.6) is 0 Å². The number of fused-ring (bicyclic) bond motifs is 4. The number of aliphatic hydroxyl groups excluding tert-OH is 1. The summed E-state index contributed by atoms with van der Waals surface area (Å²) in [5.74, 6) is -1.86. The van der Waals surface area contributed by atoms with Gasteiger partial charge in [0.1, 0.15) is 6.10 Å². The molecule has 4 saturated heterocycles. The van der Waals surface area contributed by atoms with E-state index in [0.29, 0.717) is 35.3 Å². The van der Waals surface area contributed by atoms with Crippen LogP contribution in [0.2, 0.25) is 0 Å². The molecule has 216 valence electrons. The highest BCUT2D eigenvalue weighted by atomic mass is 16.6. The van der Waals surface area contributed by atoms with Gasteiger partial charge in [0.15, 0.2) is 11.7 Å². The molecule has 4 aliphatic rings. The number of esters is 1. The number of carboxylic acid groups (broad SMARTS) is 1. The molecule has 4 fully saturated rings. The van der Waals surface area contributed by atoms with E-state index in [-0.39, 0.29) is 12.0 Å². The molecule has 0 amide bonds. The normalized spacial score (nSPS) is 31.9. The van der Waals surface area contributed by atoms with Crippen molar-refractivity contribution in [1.29, 1.82) is 0 Å². The number of carbonyl (C=O) groups excluding carboxylic acids is 1. The van der Waals surface area contributed by atoms with Crippen molar-refractivity contribution < 1.29 is 29.6 Å². The molecule has 6 unspecified atom stereocenters. The molecule has 6 atom stereocenters. The van der Waals surface area contributed by atoms with Gasteiger partial charge in [-0.2, -0.15) is 0 Å². The zero-order valence-corrected chi connectivity index (χ0v) is 23.4. The number of benzene rings is 2. The van der Waals surface area contributed by atoms with Crippen LogP contribution in [-0.4, -0.2) is 81.4 Å². The van der Waals surface area contributed by atoms with Crippen LogP contribution in [0, 0.1) is 5.92 Å². The number of carbonyl (C=O) groups is 2. The van der Waals surface area contributed by atoms with Gasteiger partial charge in [0.25, 0.3) is 0 Å². The van der Waals surface area contributed by atoms with Gasteiger partial charge in [-0.3, -0.25) is 0 Å². The van der Waals surface area contributed by atoms with Crippen molar-refractivity contribution >= 4 is 11.9 Å². The SMILES string of the molecule is CN1C2CCC1CC(C(O)(C(=O)O)c1ccccc1)C2.CN1C2CCC1CC(OC(=O)C(O)c1ccccc1)C2. The number of piperidine rings is 2. The molecule has 0 spiro atoms. The predicted octanol–water partition coefficient (Wildman–Crippen LogP) is 3.72. The van der Waals surface area contributed by atoms with E-state index in [9.17, 15) is 24.9 Å². The minimum Gasteiger partial charge on any atom is -0.479 e. The Kier molecular flexibility index (Phi) is 8.61. The first-order valence-corrected chi connectivity index (χ1v) is 14.6. The summed E-state index contributed by atoms with van der Waals surface area (Å²) in [6.45, 7) is 0. The Hall–Kier alpha value is -2.78. The van der Waals surface area contributed by atoms with Crippen molar-refractivity contribution in [2.75, 3.05) is 14.1 Å². The van der Waals surface area contributed by atoms with Crippen LogP contribution in [0.3, 0.4) is 0 Å². The molecule has 40 heavy (non-hydrogen) atoms. The van der Waals surface area contributed by atoms with Gasteiger partial charge in [0, 0.05) is 30.1 Å². The fourth-order valence-corrected chi connectivity index (χ4v) is 7.44. The number of rotatable bonds is 6. The molecule has 3 N–H and O–H groups in total. The third kappa shape index (κ3) is 5.68. The second-order valence-corrected chi connectivity index (χ2v) is 12.1. The van der Waals surface area contributed by atoms with Crippen molar-refractivity contribution in [2.45, 2.75) is 93.3 Å². The third-order valence-electron chi connectivity index (χ3n) is 9.91. The molecular weight excluding hydrogens is 508 g/mol. The number of nitrogens with zero attached hydrogens (tertiary/aromatic N) is 2. The number of ether oxygens (including phenoxy) is 1. The maximum absolute atomic E-state index is 12.0. The Morgan fingerprint density at radius 3 is 1.73 bits per heavy atom. The molecule has 2 aromatic rings. The average molecular weight is 551 g/mol. The van der Waals surface area contributed by atoms with Crippen molar-refractivity contribution in [3.63, 3.8) is 0 Å². The molecule has 4 heterocycles. The Morgan fingerprint density at radius 2 is 1.25 bits per heavy atom. The van der Waals surface area contributed by atoms with E-state index in [0.717, 1.165) is 38.5 Å². The van der Waals surface area contributed by atoms with Gasteiger partial charge in [0.2, 0.25) is 0 Å². The Balaban J connectivity index is 0.000000161. The molecule has 0 aromatic heterocycles.